The van der Waals surface area contributed by atoms with E-state index in [2.05, 4.69) is 22.2 Å². The molecule has 0 unspecified atom stereocenters. The van der Waals surface area contributed by atoms with Crippen molar-refractivity contribution in [2.24, 2.45) is 4.99 Å². The number of amides is 1. The van der Waals surface area contributed by atoms with Gasteiger partial charge in [-0.25, -0.2) is 9.98 Å². The maximum absolute atomic E-state index is 12.9. The summed E-state index contributed by atoms with van der Waals surface area (Å²) in [5.41, 5.74) is 3.20. The van der Waals surface area contributed by atoms with Gasteiger partial charge in [-0.05, 0) is 48.4 Å². The highest BCUT2D eigenvalue weighted by Gasteiger charge is 2.13. The fourth-order valence-electron chi connectivity index (χ4n) is 2.90. The van der Waals surface area contributed by atoms with Crippen LogP contribution in [0.5, 0.6) is 0 Å². The number of aryl methyl sites for hydroxylation is 1. The summed E-state index contributed by atoms with van der Waals surface area (Å²) in [7, 11) is 0. The van der Waals surface area contributed by atoms with Gasteiger partial charge in [0, 0.05) is 11.6 Å². The Labute approximate surface area is 162 Å². The number of nitrogens with one attached hydrogen (secondary N) is 1. The van der Waals surface area contributed by atoms with E-state index < -0.39 is 0 Å². The highest BCUT2D eigenvalue weighted by molar-refractivity contribution is 6.04. The Morgan fingerprint density at radius 2 is 1.89 bits per heavy atom. The van der Waals surface area contributed by atoms with Gasteiger partial charge in [0.2, 0.25) is 5.55 Å². The molecule has 1 amide bonds. The summed E-state index contributed by atoms with van der Waals surface area (Å²) in [5, 5.41) is 3.63. The number of aromatic nitrogens is 1. The molecule has 0 fully saturated rings. The third-order valence-electron chi connectivity index (χ3n) is 4.36. The maximum Gasteiger partial charge on any atom is 0.262 e. The van der Waals surface area contributed by atoms with Crippen molar-refractivity contribution in [1.29, 1.82) is 0 Å². The van der Waals surface area contributed by atoms with Crippen LogP contribution in [0, 0.1) is 0 Å². The van der Waals surface area contributed by atoms with Crippen molar-refractivity contribution in [3.63, 3.8) is 0 Å². The number of hydrogen-bond donors (Lipinski definition) is 1. The van der Waals surface area contributed by atoms with Crippen LogP contribution in [0.25, 0.3) is 11.0 Å². The second kappa shape index (κ2) is 7.88. The first-order chi connectivity index (χ1) is 13.7. The minimum absolute atomic E-state index is 0.264. The van der Waals surface area contributed by atoms with E-state index in [1.165, 1.54) is 5.56 Å². The number of anilines is 1. The summed E-state index contributed by atoms with van der Waals surface area (Å²) in [5.74, 6) is 0.151. The maximum atomic E-state index is 12.9. The van der Waals surface area contributed by atoms with E-state index in [0.29, 0.717) is 17.0 Å². The van der Waals surface area contributed by atoms with Crippen LogP contribution in [0.1, 0.15) is 22.8 Å². The molecule has 0 aliphatic heterocycles. The minimum atomic E-state index is -0.321. The molecule has 0 bridgehead atoms. The Hall–Kier alpha value is -3.73. The van der Waals surface area contributed by atoms with E-state index >= 15 is 0 Å². The smallest absolute Gasteiger partial charge is 0.262 e. The molecule has 2 aromatic carbocycles. The van der Waals surface area contributed by atoms with Crippen LogP contribution in [-0.4, -0.2) is 10.9 Å². The molecule has 0 atom stereocenters. The first kappa shape index (κ1) is 17.7. The second-order valence-corrected chi connectivity index (χ2v) is 6.31. The van der Waals surface area contributed by atoms with Gasteiger partial charge in [-0.15, -0.1) is 0 Å². The lowest BCUT2D eigenvalue weighted by atomic mass is 10.1. The predicted molar refractivity (Wildman–Crippen MR) is 109 cm³/mol. The standard InChI is InChI=1S/C23H19N3O2/c1-2-16-8-7-10-18(14-16)25-23-19(15-17-9-3-4-11-20(17)28-23)22(27)26-21-12-5-6-13-24-21/h3-15H,2H2,1H3,(H,24,26,27). The SMILES string of the molecule is CCc1cccc(N=c2oc3ccccc3cc2C(=O)Nc2ccccn2)c1. The molecule has 0 spiro atoms. The van der Waals surface area contributed by atoms with Gasteiger partial charge in [-0.2, -0.15) is 0 Å². The Kier molecular flexibility index (Phi) is 4.97. The molecule has 4 aromatic rings. The highest BCUT2D eigenvalue weighted by Crippen LogP contribution is 2.17. The van der Waals surface area contributed by atoms with Crippen molar-refractivity contribution in [2.75, 3.05) is 5.32 Å². The summed E-state index contributed by atoms with van der Waals surface area (Å²) < 4.78 is 5.98. The monoisotopic (exact) mass is 369 g/mol. The molecular weight excluding hydrogens is 350 g/mol. The lowest BCUT2D eigenvalue weighted by Crippen LogP contribution is -2.22. The zero-order valence-electron chi connectivity index (χ0n) is 15.4. The molecule has 5 heteroatoms. The first-order valence-electron chi connectivity index (χ1n) is 9.12. The number of pyridine rings is 1. The average Bonchev–Trinajstić information content (AvgIpc) is 2.74. The third-order valence-corrected chi connectivity index (χ3v) is 4.36. The summed E-state index contributed by atoms with van der Waals surface area (Å²) >= 11 is 0. The Balaban J connectivity index is 1.84. The molecule has 0 aliphatic carbocycles. The molecule has 0 saturated heterocycles. The first-order valence-corrected chi connectivity index (χ1v) is 9.12. The molecular formula is C23H19N3O2. The molecule has 138 valence electrons. The number of para-hydroxylation sites is 1. The van der Waals surface area contributed by atoms with Gasteiger partial charge in [0.15, 0.2) is 0 Å². The highest BCUT2D eigenvalue weighted by atomic mass is 16.3. The van der Waals surface area contributed by atoms with Crippen molar-refractivity contribution < 1.29 is 9.21 Å². The molecule has 2 aromatic heterocycles. The van der Waals surface area contributed by atoms with Crippen LogP contribution >= 0.6 is 0 Å². The summed E-state index contributed by atoms with van der Waals surface area (Å²) in [6.07, 6.45) is 2.53. The van der Waals surface area contributed by atoms with E-state index in [9.17, 15) is 4.79 Å². The van der Waals surface area contributed by atoms with Crippen LogP contribution in [0.3, 0.4) is 0 Å². The molecule has 5 nitrogen and oxygen atoms in total. The van der Waals surface area contributed by atoms with E-state index in [0.717, 1.165) is 17.5 Å². The van der Waals surface area contributed by atoms with Crippen molar-refractivity contribution in [3.05, 3.63) is 95.7 Å². The topological polar surface area (TPSA) is 67.5 Å². The van der Waals surface area contributed by atoms with Crippen LogP contribution in [0.4, 0.5) is 11.5 Å². The molecule has 0 saturated carbocycles. The Morgan fingerprint density at radius 3 is 2.71 bits per heavy atom. The largest absolute Gasteiger partial charge is 0.438 e. The summed E-state index contributed by atoms with van der Waals surface area (Å²) in [4.78, 5) is 21.7. The van der Waals surface area contributed by atoms with Gasteiger partial charge in [-0.3, -0.25) is 4.79 Å². The van der Waals surface area contributed by atoms with Crippen molar-refractivity contribution >= 4 is 28.4 Å². The molecule has 28 heavy (non-hydrogen) atoms. The zero-order valence-corrected chi connectivity index (χ0v) is 15.4. The quantitative estimate of drug-likeness (QED) is 0.558. The normalized spacial score (nSPS) is 11.5. The third kappa shape index (κ3) is 3.83. The van der Waals surface area contributed by atoms with E-state index in [1.807, 2.05) is 54.6 Å². The Bertz CT molecular complexity index is 1200. The van der Waals surface area contributed by atoms with Gasteiger partial charge in [0.1, 0.15) is 17.0 Å². The summed E-state index contributed by atoms with van der Waals surface area (Å²) in [6, 6.07) is 22.6. The van der Waals surface area contributed by atoms with Crippen LogP contribution in [0.2, 0.25) is 0 Å². The van der Waals surface area contributed by atoms with Crippen LogP contribution in [-0.2, 0) is 6.42 Å². The van der Waals surface area contributed by atoms with Crippen molar-refractivity contribution in [3.8, 4) is 0 Å². The fraction of sp³-hybridized carbons (Fsp3) is 0.0870. The molecule has 4 rings (SSSR count). The van der Waals surface area contributed by atoms with Gasteiger partial charge in [0.05, 0.1) is 5.69 Å². The predicted octanol–water partition coefficient (Wildman–Crippen LogP) is 4.87. The van der Waals surface area contributed by atoms with Crippen LogP contribution < -0.4 is 10.9 Å². The number of hydrogen-bond acceptors (Lipinski definition) is 4. The number of rotatable bonds is 4. The number of carbonyl (C=O) groups is 1. The Morgan fingerprint density at radius 1 is 1.04 bits per heavy atom. The fourth-order valence-corrected chi connectivity index (χ4v) is 2.90. The van der Waals surface area contributed by atoms with Crippen LogP contribution in [0.15, 0.2) is 88.4 Å². The molecule has 0 aliphatic rings. The van der Waals surface area contributed by atoms with Crippen molar-refractivity contribution in [2.45, 2.75) is 13.3 Å². The van der Waals surface area contributed by atoms with E-state index in [-0.39, 0.29) is 11.5 Å². The summed E-state index contributed by atoms with van der Waals surface area (Å²) in [6.45, 7) is 2.09. The number of carbonyl (C=O) groups excluding carboxylic acids is 1. The van der Waals surface area contributed by atoms with Gasteiger partial charge < -0.3 is 9.73 Å². The number of fused-ring (bicyclic) bond motifs is 1. The molecule has 1 N–H and O–H groups in total. The lowest BCUT2D eigenvalue weighted by Gasteiger charge is -2.06. The second-order valence-electron chi connectivity index (χ2n) is 6.31. The molecule has 2 heterocycles. The average molecular weight is 369 g/mol. The lowest BCUT2D eigenvalue weighted by molar-refractivity contribution is 0.102. The van der Waals surface area contributed by atoms with E-state index in [1.54, 1.807) is 24.4 Å². The van der Waals surface area contributed by atoms with Gasteiger partial charge in [-0.1, -0.05) is 43.3 Å². The van der Waals surface area contributed by atoms with Gasteiger partial charge >= 0.3 is 0 Å². The zero-order chi connectivity index (χ0) is 19.3. The number of benzene rings is 2. The minimum Gasteiger partial charge on any atom is -0.438 e. The van der Waals surface area contributed by atoms with Gasteiger partial charge in [0.25, 0.3) is 5.91 Å². The van der Waals surface area contributed by atoms with Crippen molar-refractivity contribution in [1.82, 2.24) is 4.98 Å². The molecule has 0 radical (unpaired) electrons. The van der Waals surface area contributed by atoms with E-state index in [4.69, 9.17) is 4.42 Å². The number of nitrogens with zero attached hydrogens (tertiary/aromatic N) is 2.